The van der Waals surface area contributed by atoms with Crippen LogP contribution < -0.4 is 5.32 Å². The van der Waals surface area contributed by atoms with Crippen LogP contribution in [-0.4, -0.2) is 20.7 Å². The van der Waals surface area contributed by atoms with E-state index in [1.807, 2.05) is 55.7 Å². The maximum Gasteiger partial charge on any atom is 0.265 e. The highest BCUT2D eigenvalue weighted by Gasteiger charge is 2.12. The number of benzene rings is 1. The molecule has 0 aliphatic rings. The van der Waals surface area contributed by atoms with Gasteiger partial charge in [-0.2, -0.15) is 0 Å². The standard InChI is InChI=1S/C17H18N4OS/c1-4-21-10-18-20-16(21)13-6-5-7-14(9-13)19-17(22)15-8-11(2)12(3)23-15/h5-10H,4H2,1-3H3,(H,19,22). The number of carbonyl (C=O) groups excluding carboxylic acids is 1. The number of nitrogens with one attached hydrogen (secondary N) is 1. The fraction of sp³-hybridized carbons (Fsp3) is 0.235. The Balaban J connectivity index is 1.84. The molecule has 1 aromatic carbocycles. The van der Waals surface area contributed by atoms with Gasteiger partial charge in [0.25, 0.3) is 5.91 Å². The van der Waals surface area contributed by atoms with Crippen LogP contribution in [0.4, 0.5) is 5.69 Å². The largest absolute Gasteiger partial charge is 0.321 e. The molecule has 0 aliphatic heterocycles. The summed E-state index contributed by atoms with van der Waals surface area (Å²) in [7, 11) is 0. The zero-order valence-corrected chi connectivity index (χ0v) is 14.1. The highest BCUT2D eigenvalue weighted by Crippen LogP contribution is 2.24. The molecule has 0 fully saturated rings. The molecule has 2 aromatic heterocycles. The average molecular weight is 326 g/mol. The molecule has 1 amide bonds. The Kier molecular flexibility index (Phi) is 4.25. The summed E-state index contributed by atoms with van der Waals surface area (Å²) in [6.07, 6.45) is 1.71. The average Bonchev–Trinajstić information content (AvgIpc) is 3.14. The highest BCUT2D eigenvalue weighted by molar-refractivity contribution is 7.14. The van der Waals surface area contributed by atoms with Gasteiger partial charge in [-0.15, -0.1) is 21.5 Å². The Morgan fingerprint density at radius 1 is 1.30 bits per heavy atom. The molecule has 0 atom stereocenters. The molecule has 3 aromatic rings. The third-order valence-corrected chi connectivity index (χ3v) is 4.88. The molecule has 0 unspecified atom stereocenters. The maximum atomic E-state index is 12.4. The van der Waals surface area contributed by atoms with E-state index in [0.717, 1.165) is 34.1 Å². The van der Waals surface area contributed by atoms with Crippen LogP contribution in [0.15, 0.2) is 36.7 Å². The van der Waals surface area contributed by atoms with Gasteiger partial charge in [0.2, 0.25) is 0 Å². The van der Waals surface area contributed by atoms with Crippen molar-refractivity contribution >= 4 is 22.9 Å². The monoisotopic (exact) mass is 326 g/mol. The van der Waals surface area contributed by atoms with E-state index in [-0.39, 0.29) is 5.91 Å². The van der Waals surface area contributed by atoms with Crippen LogP contribution >= 0.6 is 11.3 Å². The highest BCUT2D eigenvalue weighted by atomic mass is 32.1. The number of amides is 1. The van der Waals surface area contributed by atoms with E-state index in [9.17, 15) is 4.79 Å². The lowest BCUT2D eigenvalue weighted by Crippen LogP contribution is -2.10. The van der Waals surface area contributed by atoms with Crippen LogP contribution in [0.25, 0.3) is 11.4 Å². The lowest BCUT2D eigenvalue weighted by Gasteiger charge is -2.07. The van der Waals surface area contributed by atoms with Gasteiger partial charge in [0.05, 0.1) is 4.88 Å². The first kappa shape index (κ1) is 15.4. The van der Waals surface area contributed by atoms with E-state index in [2.05, 4.69) is 15.5 Å². The van der Waals surface area contributed by atoms with E-state index in [1.54, 1.807) is 6.33 Å². The molecule has 0 bridgehead atoms. The van der Waals surface area contributed by atoms with Crippen molar-refractivity contribution in [2.45, 2.75) is 27.3 Å². The zero-order chi connectivity index (χ0) is 16.4. The van der Waals surface area contributed by atoms with Crippen molar-refractivity contribution in [1.29, 1.82) is 0 Å². The molecule has 118 valence electrons. The third-order valence-electron chi connectivity index (χ3n) is 3.72. The van der Waals surface area contributed by atoms with Crippen LogP contribution in [-0.2, 0) is 6.54 Å². The van der Waals surface area contributed by atoms with Gasteiger partial charge in [0, 0.05) is 22.7 Å². The Bertz CT molecular complexity index is 830. The number of hydrogen-bond donors (Lipinski definition) is 1. The fourth-order valence-electron chi connectivity index (χ4n) is 2.32. The van der Waals surface area contributed by atoms with E-state index in [1.165, 1.54) is 16.2 Å². The molecule has 2 heterocycles. The Labute approximate surface area is 139 Å². The lowest BCUT2D eigenvalue weighted by molar-refractivity contribution is 0.103. The predicted molar refractivity (Wildman–Crippen MR) is 92.9 cm³/mol. The second-order valence-electron chi connectivity index (χ2n) is 5.33. The maximum absolute atomic E-state index is 12.4. The molecule has 0 spiro atoms. The van der Waals surface area contributed by atoms with Crippen molar-refractivity contribution in [1.82, 2.24) is 14.8 Å². The van der Waals surface area contributed by atoms with Crippen molar-refractivity contribution in [2.75, 3.05) is 5.32 Å². The molecule has 5 nitrogen and oxygen atoms in total. The second-order valence-corrected chi connectivity index (χ2v) is 6.58. The first-order chi connectivity index (χ1) is 11.1. The van der Waals surface area contributed by atoms with Crippen LogP contribution in [0.5, 0.6) is 0 Å². The van der Waals surface area contributed by atoms with Crippen LogP contribution in [0, 0.1) is 13.8 Å². The number of hydrogen-bond acceptors (Lipinski definition) is 4. The Morgan fingerprint density at radius 2 is 2.13 bits per heavy atom. The summed E-state index contributed by atoms with van der Waals surface area (Å²) in [6, 6.07) is 9.59. The molecular weight excluding hydrogens is 308 g/mol. The van der Waals surface area contributed by atoms with Crippen molar-refractivity contribution in [2.24, 2.45) is 0 Å². The number of rotatable bonds is 4. The summed E-state index contributed by atoms with van der Waals surface area (Å²) < 4.78 is 1.97. The number of nitrogens with zero attached hydrogens (tertiary/aromatic N) is 3. The normalized spacial score (nSPS) is 10.7. The van der Waals surface area contributed by atoms with Crippen molar-refractivity contribution in [3.8, 4) is 11.4 Å². The summed E-state index contributed by atoms with van der Waals surface area (Å²) in [4.78, 5) is 14.3. The van der Waals surface area contributed by atoms with Gasteiger partial charge < -0.3 is 9.88 Å². The van der Waals surface area contributed by atoms with E-state index >= 15 is 0 Å². The van der Waals surface area contributed by atoms with Gasteiger partial charge >= 0.3 is 0 Å². The molecule has 0 saturated carbocycles. The molecule has 1 N–H and O–H groups in total. The van der Waals surface area contributed by atoms with Crippen molar-refractivity contribution < 1.29 is 4.79 Å². The topological polar surface area (TPSA) is 59.8 Å². The van der Waals surface area contributed by atoms with Gasteiger partial charge in [-0.1, -0.05) is 12.1 Å². The molecule has 6 heteroatoms. The number of carbonyl (C=O) groups is 1. The number of aromatic nitrogens is 3. The molecule has 23 heavy (non-hydrogen) atoms. The SMILES string of the molecule is CCn1cnnc1-c1cccc(NC(=O)c2cc(C)c(C)s2)c1. The van der Waals surface area contributed by atoms with E-state index in [0.29, 0.717) is 0 Å². The second kappa shape index (κ2) is 6.34. The minimum absolute atomic E-state index is 0.0830. The summed E-state index contributed by atoms with van der Waals surface area (Å²) in [5.74, 6) is 0.715. The van der Waals surface area contributed by atoms with Crippen molar-refractivity contribution in [3.63, 3.8) is 0 Å². The molecule has 0 radical (unpaired) electrons. The molecular formula is C17H18N4OS. The van der Waals surface area contributed by atoms with Crippen molar-refractivity contribution in [3.05, 3.63) is 52.0 Å². The smallest absolute Gasteiger partial charge is 0.265 e. The Morgan fingerprint density at radius 3 is 2.83 bits per heavy atom. The zero-order valence-electron chi connectivity index (χ0n) is 13.3. The summed E-state index contributed by atoms with van der Waals surface area (Å²) >= 11 is 1.51. The lowest BCUT2D eigenvalue weighted by atomic mass is 10.2. The molecule has 0 saturated heterocycles. The summed E-state index contributed by atoms with van der Waals surface area (Å²) in [5.41, 5.74) is 2.83. The van der Waals surface area contributed by atoms with Crippen LogP contribution in [0.1, 0.15) is 27.0 Å². The quantitative estimate of drug-likeness (QED) is 0.791. The Hall–Kier alpha value is -2.47. The van der Waals surface area contributed by atoms with Gasteiger partial charge in [-0.3, -0.25) is 4.79 Å². The number of anilines is 1. The third kappa shape index (κ3) is 3.17. The molecule has 0 aliphatic carbocycles. The van der Waals surface area contributed by atoms with E-state index in [4.69, 9.17) is 0 Å². The summed E-state index contributed by atoms with van der Waals surface area (Å²) in [5, 5.41) is 11.1. The van der Waals surface area contributed by atoms with Crippen LogP contribution in [0.2, 0.25) is 0 Å². The first-order valence-electron chi connectivity index (χ1n) is 7.45. The van der Waals surface area contributed by atoms with Gasteiger partial charge in [-0.05, 0) is 44.5 Å². The van der Waals surface area contributed by atoms with Gasteiger partial charge in [-0.25, -0.2) is 0 Å². The van der Waals surface area contributed by atoms with Gasteiger partial charge in [0.1, 0.15) is 6.33 Å². The molecule has 3 rings (SSSR count). The predicted octanol–water partition coefficient (Wildman–Crippen LogP) is 3.90. The first-order valence-corrected chi connectivity index (χ1v) is 8.26. The fourth-order valence-corrected chi connectivity index (χ4v) is 3.25. The summed E-state index contributed by atoms with van der Waals surface area (Å²) in [6.45, 7) is 6.88. The van der Waals surface area contributed by atoms with Gasteiger partial charge in [0.15, 0.2) is 5.82 Å². The minimum atomic E-state index is -0.0830. The van der Waals surface area contributed by atoms with Crippen LogP contribution in [0.3, 0.4) is 0 Å². The number of thiophene rings is 1. The van der Waals surface area contributed by atoms with E-state index < -0.39 is 0 Å². The number of aryl methyl sites for hydroxylation is 3. The minimum Gasteiger partial charge on any atom is -0.321 e.